The Hall–Kier alpha value is -2.50. The molecule has 1 spiro atoms. The van der Waals surface area contributed by atoms with Gasteiger partial charge in [-0.05, 0) is 61.4 Å². The molecular weight excluding hydrogens is 448 g/mol. The van der Waals surface area contributed by atoms with Crippen LogP contribution in [-0.2, 0) is 23.0 Å². The van der Waals surface area contributed by atoms with Crippen molar-refractivity contribution in [2.45, 2.75) is 74.5 Å². The lowest BCUT2D eigenvalue weighted by atomic mass is 9.48. The molecule has 2 bridgehead atoms. The first-order valence-electron chi connectivity index (χ1n) is 14.0. The Morgan fingerprint density at radius 2 is 1.94 bits per heavy atom. The lowest BCUT2D eigenvalue weighted by molar-refractivity contribution is -0.192. The predicted molar refractivity (Wildman–Crippen MR) is 140 cm³/mol. The average molecular weight is 485 g/mol. The number of nitrogens with zero attached hydrogens (tertiary/aromatic N) is 1. The van der Waals surface area contributed by atoms with Crippen molar-refractivity contribution in [1.29, 1.82) is 0 Å². The lowest BCUT2D eigenvalue weighted by Crippen LogP contribution is -2.75. The van der Waals surface area contributed by atoms with E-state index in [9.17, 15) is 0 Å². The zero-order valence-electron chi connectivity index (χ0n) is 21.4. The standard InChI is InChI=1S/C31H36N2O3/c1-34-24-13-12-20-16-25-31(35-2)17-22-21-10-6-7-11-23(21)32-27(22)29-30(31,26(20)28(24)36-29)14-15-33(25)18-19-8-4-3-5-9-19/h6-7,10-13,19,25,29,32H,3-5,8-9,14-18H2,1-2H3/t25-,29-,30-,31+/m0/s1. The molecule has 0 unspecified atom stereocenters. The smallest absolute Gasteiger partial charge is 0.166 e. The minimum absolute atomic E-state index is 0.0849. The molecule has 5 nitrogen and oxygen atoms in total. The van der Waals surface area contributed by atoms with Crippen molar-refractivity contribution in [3.05, 3.63) is 58.8 Å². The predicted octanol–water partition coefficient (Wildman–Crippen LogP) is 5.70. The molecule has 0 amide bonds. The SMILES string of the molecule is COc1ccc2c3c1O[C@H]1c4[nH]c5ccccc5c4C[C@@]4(OC)[C@H](C2)N(CC2CCCCC2)CC[C@]314. The van der Waals surface area contributed by atoms with Crippen LogP contribution in [0.5, 0.6) is 11.5 Å². The molecule has 5 heteroatoms. The van der Waals surface area contributed by atoms with Crippen molar-refractivity contribution in [2.75, 3.05) is 27.3 Å². The molecule has 3 heterocycles. The van der Waals surface area contributed by atoms with E-state index in [2.05, 4.69) is 46.3 Å². The van der Waals surface area contributed by atoms with E-state index in [1.807, 2.05) is 7.11 Å². The first kappa shape index (κ1) is 21.6. The van der Waals surface area contributed by atoms with Crippen LogP contribution in [0, 0.1) is 5.92 Å². The van der Waals surface area contributed by atoms with E-state index >= 15 is 0 Å². The number of methoxy groups -OCH3 is 2. The van der Waals surface area contributed by atoms with Gasteiger partial charge in [-0.1, -0.05) is 43.5 Å². The van der Waals surface area contributed by atoms with Crippen LogP contribution in [0.15, 0.2) is 36.4 Å². The molecule has 188 valence electrons. The van der Waals surface area contributed by atoms with Gasteiger partial charge in [-0.15, -0.1) is 0 Å². The molecular formula is C31H36N2O3. The molecule has 5 aliphatic rings. The normalized spacial score (nSPS) is 32.7. The van der Waals surface area contributed by atoms with Crippen LogP contribution in [0.3, 0.4) is 0 Å². The third-order valence-corrected chi connectivity index (χ3v) is 10.6. The number of nitrogens with one attached hydrogen (secondary N) is 1. The summed E-state index contributed by atoms with van der Waals surface area (Å²) in [6.45, 7) is 2.31. The summed E-state index contributed by atoms with van der Waals surface area (Å²) < 4.78 is 19.8. The van der Waals surface area contributed by atoms with Crippen LogP contribution in [0.25, 0.3) is 10.9 Å². The fraction of sp³-hybridized carbons (Fsp3) is 0.548. The lowest BCUT2D eigenvalue weighted by Gasteiger charge is -2.64. The van der Waals surface area contributed by atoms with Gasteiger partial charge in [0.05, 0.1) is 18.2 Å². The maximum atomic E-state index is 7.01. The molecule has 1 aromatic heterocycles. The van der Waals surface area contributed by atoms with E-state index in [-0.39, 0.29) is 17.1 Å². The molecule has 2 aliphatic heterocycles. The number of aromatic nitrogens is 1. The van der Waals surface area contributed by atoms with Crippen molar-refractivity contribution in [3.8, 4) is 11.5 Å². The van der Waals surface area contributed by atoms with Gasteiger partial charge in [0.2, 0.25) is 0 Å². The number of ether oxygens (including phenoxy) is 3. The summed E-state index contributed by atoms with van der Waals surface area (Å²) in [6.07, 6.45) is 9.86. The fourth-order valence-corrected chi connectivity index (χ4v) is 9.15. The summed E-state index contributed by atoms with van der Waals surface area (Å²) in [5.41, 5.74) is 6.09. The molecule has 3 aromatic rings. The van der Waals surface area contributed by atoms with Crippen LogP contribution in [-0.4, -0.2) is 48.8 Å². The molecule has 0 radical (unpaired) electrons. The van der Waals surface area contributed by atoms with Gasteiger partial charge in [0.1, 0.15) is 5.60 Å². The Balaban J connectivity index is 1.36. The second-order valence-corrected chi connectivity index (χ2v) is 11.9. The third kappa shape index (κ3) is 2.49. The van der Waals surface area contributed by atoms with Crippen LogP contribution < -0.4 is 9.47 Å². The van der Waals surface area contributed by atoms with Crippen molar-refractivity contribution in [1.82, 2.24) is 9.88 Å². The number of para-hydroxylation sites is 1. The van der Waals surface area contributed by atoms with Gasteiger partial charge in [0.25, 0.3) is 0 Å². The summed E-state index contributed by atoms with van der Waals surface area (Å²) in [4.78, 5) is 6.63. The van der Waals surface area contributed by atoms with E-state index < -0.39 is 0 Å². The Morgan fingerprint density at radius 3 is 2.78 bits per heavy atom. The van der Waals surface area contributed by atoms with Gasteiger partial charge < -0.3 is 19.2 Å². The number of hydrogen-bond donors (Lipinski definition) is 1. The minimum atomic E-state index is -0.326. The molecule has 36 heavy (non-hydrogen) atoms. The van der Waals surface area contributed by atoms with Crippen molar-refractivity contribution < 1.29 is 14.2 Å². The maximum absolute atomic E-state index is 7.01. The molecule has 4 atom stereocenters. The van der Waals surface area contributed by atoms with Gasteiger partial charge in [0.15, 0.2) is 17.6 Å². The minimum Gasteiger partial charge on any atom is -0.493 e. The van der Waals surface area contributed by atoms with Crippen LogP contribution in [0.2, 0.25) is 0 Å². The first-order chi connectivity index (χ1) is 17.7. The highest BCUT2D eigenvalue weighted by Gasteiger charge is 2.73. The highest BCUT2D eigenvalue weighted by Crippen LogP contribution is 2.70. The Kier molecular flexibility index (Phi) is 4.50. The third-order valence-electron chi connectivity index (χ3n) is 10.6. The maximum Gasteiger partial charge on any atom is 0.166 e. The molecule has 1 N–H and O–H groups in total. The summed E-state index contributed by atoms with van der Waals surface area (Å²) >= 11 is 0. The summed E-state index contributed by atoms with van der Waals surface area (Å²) in [7, 11) is 3.73. The second kappa shape index (κ2) is 7.52. The number of benzene rings is 2. The van der Waals surface area contributed by atoms with Crippen molar-refractivity contribution >= 4 is 10.9 Å². The monoisotopic (exact) mass is 484 g/mol. The highest BCUT2D eigenvalue weighted by molar-refractivity contribution is 5.86. The largest absolute Gasteiger partial charge is 0.493 e. The fourth-order valence-electron chi connectivity index (χ4n) is 9.15. The van der Waals surface area contributed by atoms with Gasteiger partial charge in [-0.3, -0.25) is 4.90 Å². The van der Waals surface area contributed by atoms with E-state index in [4.69, 9.17) is 14.2 Å². The number of hydrogen-bond acceptors (Lipinski definition) is 4. The first-order valence-corrected chi connectivity index (χ1v) is 14.0. The van der Waals surface area contributed by atoms with Gasteiger partial charge in [-0.2, -0.15) is 0 Å². The molecule has 2 fully saturated rings. The summed E-state index contributed by atoms with van der Waals surface area (Å²) in [6, 6.07) is 13.5. The number of H-pyrrole nitrogens is 1. The molecule has 1 saturated carbocycles. The van der Waals surface area contributed by atoms with Gasteiger partial charge in [0, 0.05) is 42.6 Å². The Labute approximate surface area is 213 Å². The zero-order chi connectivity index (χ0) is 24.1. The molecule has 8 rings (SSSR count). The number of likely N-dealkylation sites (tertiary alicyclic amines) is 1. The topological polar surface area (TPSA) is 46.7 Å². The summed E-state index contributed by atoms with van der Waals surface area (Å²) in [5, 5.41) is 1.31. The zero-order valence-corrected chi connectivity index (χ0v) is 21.4. The second-order valence-electron chi connectivity index (χ2n) is 11.9. The quantitative estimate of drug-likeness (QED) is 0.516. The number of aromatic amines is 1. The van der Waals surface area contributed by atoms with E-state index in [1.165, 1.54) is 71.9 Å². The van der Waals surface area contributed by atoms with E-state index in [0.29, 0.717) is 6.04 Å². The van der Waals surface area contributed by atoms with Gasteiger partial charge in [-0.25, -0.2) is 0 Å². The van der Waals surface area contributed by atoms with E-state index in [1.54, 1.807) is 7.11 Å². The Bertz CT molecular complexity index is 1360. The number of piperidine rings is 1. The van der Waals surface area contributed by atoms with Crippen LogP contribution in [0.4, 0.5) is 0 Å². The highest BCUT2D eigenvalue weighted by atomic mass is 16.5. The van der Waals surface area contributed by atoms with E-state index in [0.717, 1.165) is 43.2 Å². The molecule has 3 aliphatic carbocycles. The van der Waals surface area contributed by atoms with Crippen molar-refractivity contribution in [2.24, 2.45) is 5.92 Å². The van der Waals surface area contributed by atoms with Crippen molar-refractivity contribution in [3.63, 3.8) is 0 Å². The molecule has 2 aromatic carbocycles. The number of fused-ring (bicyclic) bond motifs is 4. The van der Waals surface area contributed by atoms with Crippen LogP contribution in [0.1, 0.15) is 67.0 Å². The molecule has 1 saturated heterocycles. The summed E-state index contributed by atoms with van der Waals surface area (Å²) in [5.74, 6) is 2.62. The number of rotatable bonds is 4. The Morgan fingerprint density at radius 1 is 1.08 bits per heavy atom. The average Bonchev–Trinajstić information content (AvgIpc) is 3.46. The van der Waals surface area contributed by atoms with Gasteiger partial charge >= 0.3 is 0 Å². The van der Waals surface area contributed by atoms with Crippen LogP contribution >= 0.6 is 0 Å².